The van der Waals surface area contributed by atoms with Gasteiger partial charge in [0.2, 0.25) is 11.1 Å². The van der Waals surface area contributed by atoms with Gasteiger partial charge in [-0.25, -0.2) is 4.98 Å². The number of aromatic amines is 1. The molecule has 0 fully saturated rings. The molecule has 3 rings (SSSR count). The van der Waals surface area contributed by atoms with Crippen LogP contribution >= 0.6 is 11.8 Å². The largest absolute Gasteiger partial charge is 0.347 e. The Hall–Kier alpha value is -2.61. The van der Waals surface area contributed by atoms with E-state index in [0.717, 1.165) is 17.8 Å². The minimum Gasteiger partial charge on any atom is -0.347 e. The first kappa shape index (κ1) is 17.2. The van der Waals surface area contributed by atoms with Crippen LogP contribution in [0, 0.1) is 0 Å². The summed E-state index contributed by atoms with van der Waals surface area (Å²) in [4.78, 5) is 16.7. The first-order valence-corrected chi connectivity index (χ1v) is 9.09. The van der Waals surface area contributed by atoms with Crippen LogP contribution in [0.3, 0.4) is 0 Å². The summed E-state index contributed by atoms with van der Waals surface area (Å²) in [6, 6.07) is 11.6. The fourth-order valence-electron chi connectivity index (χ4n) is 2.38. The molecule has 0 radical (unpaired) electrons. The van der Waals surface area contributed by atoms with E-state index in [1.807, 2.05) is 54.2 Å². The molecule has 25 heavy (non-hydrogen) atoms. The van der Waals surface area contributed by atoms with E-state index < -0.39 is 0 Å². The fourth-order valence-corrected chi connectivity index (χ4v) is 3.01. The zero-order valence-corrected chi connectivity index (χ0v) is 14.7. The lowest BCUT2D eigenvalue weighted by Gasteiger charge is -2.19. The van der Waals surface area contributed by atoms with Gasteiger partial charge < -0.3 is 5.32 Å². The van der Waals surface area contributed by atoms with Crippen molar-refractivity contribution in [1.29, 1.82) is 0 Å². The van der Waals surface area contributed by atoms with Crippen LogP contribution in [-0.2, 0) is 17.8 Å². The van der Waals surface area contributed by atoms with Crippen molar-refractivity contribution >= 4 is 17.7 Å². The highest BCUT2D eigenvalue weighted by Crippen LogP contribution is 2.17. The Bertz CT molecular complexity index is 787. The first-order valence-electron chi connectivity index (χ1n) is 8.10. The van der Waals surface area contributed by atoms with Crippen LogP contribution in [0.5, 0.6) is 0 Å². The average Bonchev–Trinajstić information content (AvgIpc) is 3.32. The Morgan fingerprint density at radius 1 is 1.32 bits per heavy atom. The molecule has 1 atom stereocenters. The quantitative estimate of drug-likeness (QED) is 0.604. The van der Waals surface area contributed by atoms with Gasteiger partial charge in [0, 0.05) is 18.8 Å². The molecule has 0 saturated carbocycles. The van der Waals surface area contributed by atoms with Crippen molar-refractivity contribution in [1.82, 2.24) is 30.3 Å². The Labute approximate surface area is 150 Å². The number of rotatable bonds is 8. The maximum absolute atomic E-state index is 12.4. The SMILES string of the molecule is CCc1nc(SCC(=O)N[C@@H](Cn2cccn2)c2ccccc2)n[nH]1. The van der Waals surface area contributed by atoms with Gasteiger partial charge in [-0.2, -0.15) is 5.10 Å². The molecule has 0 aliphatic heterocycles. The molecule has 1 aromatic carbocycles. The summed E-state index contributed by atoms with van der Waals surface area (Å²) in [5.41, 5.74) is 1.04. The molecule has 0 aliphatic carbocycles. The molecule has 2 N–H and O–H groups in total. The molecule has 1 amide bonds. The summed E-state index contributed by atoms with van der Waals surface area (Å²) in [6.07, 6.45) is 4.41. The van der Waals surface area contributed by atoms with Gasteiger partial charge in [0.1, 0.15) is 5.82 Å². The zero-order chi connectivity index (χ0) is 17.5. The maximum Gasteiger partial charge on any atom is 0.231 e. The molecule has 8 heteroatoms. The van der Waals surface area contributed by atoms with Gasteiger partial charge in [0.05, 0.1) is 18.3 Å². The van der Waals surface area contributed by atoms with Crippen molar-refractivity contribution in [3.63, 3.8) is 0 Å². The third kappa shape index (κ3) is 4.93. The first-order chi connectivity index (χ1) is 12.2. The van der Waals surface area contributed by atoms with E-state index in [4.69, 9.17) is 0 Å². The van der Waals surface area contributed by atoms with Gasteiger partial charge in [-0.1, -0.05) is 49.0 Å². The smallest absolute Gasteiger partial charge is 0.231 e. The second-order valence-corrected chi connectivity index (χ2v) is 6.41. The normalized spacial score (nSPS) is 12.0. The van der Waals surface area contributed by atoms with Gasteiger partial charge in [0.25, 0.3) is 0 Å². The van der Waals surface area contributed by atoms with Crippen molar-refractivity contribution in [2.75, 3.05) is 5.75 Å². The van der Waals surface area contributed by atoms with Crippen LogP contribution in [0.15, 0.2) is 53.9 Å². The maximum atomic E-state index is 12.4. The molecule has 3 aromatic rings. The van der Waals surface area contributed by atoms with E-state index in [-0.39, 0.29) is 17.7 Å². The zero-order valence-electron chi connectivity index (χ0n) is 13.9. The van der Waals surface area contributed by atoms with Gasteiger partial charge in [-0.05, 0) is 11.6 Å². The number of H-pyrrole nitrogens is 1. The van der Waals surface area contributed by atoms with Crippen molar-refractivity contribution in [2.24, 2.45) is 0 Å². The summed E-state index contributed by atoms with van der Waals surface area (Å²) in [5.74, 6) is 1.03. The van der Waals surface area contributed by atoms with Crippen LogP contribution in [0.25, 0.3) is 0 Å². The van der Waals surface area contributed by atoms with E-state index in [2.05, 4.69) is 25.6 Å². The van der Waals surface area contributed by atoms with Crippen molar-refractivity contribution in [3.8, 4) is 0 Å². The molecule has 0 aliphatic rings. The summed E-state index contributed by atoms with van der Waals surface area (Å²) in [6.45, 7) is 2.58. The number of aromatic nitrogens is 5. The van der Waals surface area contributed by atoms with Crippen LogP contribution in [-0.4, -0.2) is 36.6 Å². The number of hydrogen-bond donors (Lipinski definition) is 2. The van der Waals surface area contributed by atoms with Gasteiger partial charge >= 0.3 is 0 Å². The number of thioether (sulfide) groups is 1. The van der Waals surface area contributed by atoms with Gasteiger partial charge in [-0.15, -0.1) is 5.10 Å². The highest BCUT2D eigenvalue weighted by Gasteiger charge is 2.16. The second-order valence-electron chi connectivity index (χ2n) is 5.47. The number of benzene rings is 1. The molecule has 130 valence electrons. The molecular weight excluding hydrogens is 336 g/mol. The van der Waals surface area contributed by atoms with Gasteiger partial charge in [-0.3, -0.25) is 14.6 Å². The van der Waals surface area contributed by atoms with Crippen molar-refractivity contribution < 1.29 is 4.79 Å². The van der Waals surface area contributed by atoms with E-state index in [0.29, 0.717) is 11.7 Å². The van der Waals surface area contributed by atoms with E-state index in [1.54, 1.807) is 6.20 Å². The van der Waals surface area contributed by atoms with Crippen molar-refractivity contribution in [3.05, 3.63) is 60.2 Å². The Morgan fingerprint density at radius 2 is 2.16 bits per heavy atom. The number of nitrogens with one attached hydrogen (secondary N) is 2. The standard InChI is InChI=1S/C17H20N6OS/c1-2-15-20-17(22-21-15)25-12-16(24)19-14(11-23-10-6-9-18-23)13-7-4-3-5-8-13/h3-10,14H,2,11-12H2,1H3,(H,19,24)(H,20,21,22)/t14-/m0/s1. The minimum atomic E-state index is -0.146. The third-order valence-corrected chi connectivity index (χ3v) is 4.49. The van der Waals surface area contributed by atoms with Crippen LogP contribution < -0.4 is 5.32 Å². The van der Waals surface area contributed by atoms with E-state index in [9.17, 15) is 4.79 Å². The molecule has 0 unspecified atom stereocenters. The highest BCUT2D eigenvalue weighted by atomic mass is 32.2. The summed E-state index contributed by atoms with van der Waals surface area (Å²) in [7, 11) is 0. The number of nitrogens with zero attached hydrogens (tertiary/aromatic N) is 4. The van der Waals surface area contributed by atoms with E-state index in [1.165, 1.54) is 11.8 Å². The fraction of sp³-hybridized carbons (Fsp3) is 0.294. The second kappa shape index (κ2) is 8.48. The Balaban J connectivity index is 1.61. The molecule has 0 spiro atoms. The lowest BCUT2D eigenvalue weighted by molar-refractivity contribution is -0.119. The number of carbonyl (C=O) groups is 1. The van der Waals surface area contributed by atoms with Gasteiger partial charge in [0.15, 0.2) is 0 Å². The molecule has 7 nitrogen and oxygen atoms in total. The third-order valence-electron chi connectivity index (χ3n) is 3.64. The average molecular weight is 356 g/mol. The Kier molecular flexibility index (Phi) is 5.84. The number of amides is 1. The molecular formula is C17H20N6OS. The van der Waals surface area contributed by atoms with Crippen molar-refractivity contribution in [2.45, 2.75) is 31.1 Å². The monoisotopic (exact) mass is 356 g/mol. The van der Waals surface area contributed by atoms with Crippen LogP contribution in [0.1, 0.15) is 24.4 Å². The van der Waals surface area contributed by atoms with Crippen LogP contribution in [0.2, 0.25) is 0 Å². The lowest BCUT2D eigenvalue weighted by Crippen LogP contribution is -2.32. The summed E-state index contributed by atoms with van der Waals surface area (Å²) >= 11 is 1.32. The molecule has 2 aromatic heterocycles. The molecule has 2 heterocycles. The number of hydrogen-bond acceptors (Lipinski definition) is 5. The predicted molar refractivity (Wildman–Crippen MR) is 96.0 cm³/mol. The number of carbonyl (C=O) groups excluding carboxylic acids is 1. The molecule has 0 bridgehead atoms. The summed E-state index contributed by atoms with van der Waals surface area (Å²) in [5, 5.41) is 14.8. The summed E-state index contributed by atoms with van der Waals surface area (Å²) < 4.78 is 1.81. The lowest BCUT2D eigenvalue weighted by atomic mass is 10.1. The highest BCUT2D eigenvalue weighted by molar-refractivity contribution is 7.99. The minimum absolute atomic E-state index is 0.0612. The van der Waals surface area contributed by atoms with Crippen LogP contribution in [0.4, 0.5) is 0 Å². The topological polar surface area (TPSA) is 88.5 Å². The Morgan fingerprint density at radius 3 is 2.84 bits per heavy atom. The van der Waals surface area contributed by atoms with E-state index >= 15 is 0 Å². The number of aryl methyl sites for hydroxylation is 1. The predicted octanol–water partition coefficient (Wildman–Crippen LogP) is 2.21. The molecule has 0 saturated heterocycles.